The molecule has 0 saturated heterocycles. The second kappa shape index (κ2) is 18.8. The van der Waals surface area contributed by atoms with Crippen LogP contribution in [0.3, 0.4) is 0 Å². The lowest BCUT2D eigenvalue weighted by Crippen LogP contribution is -2.14. The van der Waals surface area contributed by atoms with E-state index in [9.17, 15) is 9.59 Å². The molecule has 0 aliphatic rings. The van der Waals surface area contributed by atoms with Crippen molar-refractivity contribution in [3.63, 3.8) is 0 Å². The van der Waals surface area contributed by atoms with Gasteiger partial charge in [-0.2, -0.15) is 0 Å². The fourth-order valence-corrected chi connectivity index (χ4v) is 4.63. The topological polar surface area (TPSA) is 101 Å². The maximum atomic E-state index is 11.7. The summed E-state index contributed by atoms with van der Waals surface area (Å²) in [6.45, 7) is 11.8. The van der Waals surface area contributed by atoms with Crippen molar-refractivity contribution in [3.05, 3.63) is 153 Å². The molecule has 0 amide bonds. The van der Waals surface area contributed by atoms with Crippen LogP contribution in [0.2, 0.25) is 0 Å². The van der Waals surface area contributed by atoms with E-state index in [2.05, 4.69) is 10.9 Å². The van der Waals surface area contributed by atoms with Crippen LogP contribution in [-0.2, 0) is 18.9 Å². The van der Waals surface area contributed by atoms with Crippen LogP contribution in [0.25, 0.3) is 4.85 Å². The highest BCUT2D eigenvalue weighted by Crippen LogP contribution is 2.29. The first-order valence-corrected chi connectivity index (χ1v) is 14.1. The van der Waals surface area contributed by atoms with Crippen LogP contribution in [-0.4, -0.2) is 54.5 Å². The largest absolute Gasteiger partial charge is 0.465 e. The Balaban J connectivity index is 0.000000307. The van der Waals surface area contributed by atoms with Crippen LogP contribution in [0.1, 0.15) is 66.3 Å². The summed E-state index contributed by atoms with van der Waals surface area (Å²) >= 11 is 0. The van der Waals surface area contributed by atoms with Crippen LogP contribution in [0.5, 0.6) is 0 Å². The first-order valence-electron chi connectivity index (χ1n) is 14.1. The van der Waals surface area contributed by atoms with Crippen molar-refractivity contribution in [2.75, 3.05) is 34.1 Å². The molecule has 4 aromatic rings. The normalized spacial score (nSPS) is 11.5. The molecular weight excluding hydrogens is 567 g/mol. The van der Waals surface area contributed by atoms with Gasteiger partial charge in [0.1, 0.15) is 12.2 Å². The molecule has 9 heteroatoms. The summed E-state index contributed by atoms with van der Waals surface area (Å²) in [6.07, 6.45) is -0.647. The molecule has 0 fully saturated rings. The zero-order valence-corrected chi connectivity index (χ0v) is 26.1. The van der Waals surface area contributed by atoms with Crippen LogP contribution in [0.15, 0.2) is 97.1 Å². The molecule has 231 valence electrons. The molecule has 3 radical (unpaired) electrons. The minimum absolute atomic E-state index is 0. The van der Waals surface area contributed by atoms with Gasteiger partial charge in [0.15, 0.2) is 0 Å². The van der Waals surface area contributed by atoms with Crippen molar-refractivity contribution >= 4 is 20.4 Å². The van der Waals surface area contributed by atoms with Crippen molar-refractivity contribution in [1.29, 1.82) is 0 Å². The smallest absolute Gasteiger partial charge is 0.337 e. The van der Waals surface area contributed by atoms with E-state index in [-0.39, 0.29) is 27.2 Å². The number of carbonyl (C=O) groups excluding carboxylic acids is 2. The predicted molar refractivity (Wildman–Crippen MR) is 175 cm³/mol. The number of esters is 2. The molecule has 4 aromatic carbocycles. The average molecular weight is 606 g/mol. The zero-order valence-electron chi connectivity index (χ0n) is 26.1. The van der Waals surface area contributed by atoms with Crippen molar-refractivity contribution in [3.8, 4) is 0 Å². The fourth-order valence-electron chi connectivity index (χ4n) is 4.63. The summed E-state index contributed by atoms with van der Waals surface area (Å²) in [6, 6.07) is 30.4. The monoisotopic (exact) mass is 605 g/mol. The Bertz CT molecular complexity index is 1590. The standard InChI is InChI=1S/C18H17NO3.C18H21NO3.B/c1-13-6-4-7-14(10-13)17(22-12-19-2)15-8-5-9-16(11-15)18(20)21-3;1-13-5-3-6-14(11-13)17(22-10-9-19)15-7-4-8-16(12-15)18(20)21-2;/h4-11,17H,12H2,1,3H3;3-8,11-12,17H,9-10,19H2,1-2H3;. The summed E-state index contributed by atoms with van der Waals surface area (Å²) in [7, 11) is 2.72. The summed E-state index contributed by atoms with van der Waals surface area (Å²) in [4.78, 5) is 26.7. The Morgan fingerprint density at radius 1 is 0.689 bits per heavy atom. The number of hydrogen-bond donors (Lipinski definition) is 1. The Kier molecular flexibility index (Phi) is 15.2. The van der Waals surface area contributed by atoms with Crippen LogP contribution in [0.4, 0.5) is 0 Å². The number of methoxy groups -OCH3 is 2. The number of aryl methyl sites for hydroxylation is 2. The lowest BCUT2D eigenvalue weighted by Gasteiger charge is -2.19. The molecule has 2 N–H and O–H groups in total. The number of hydrogen-bond acceptors (Lipinski definition) is 7. The van der Waals surface area contributed by atoms with Crippen molar-refractivity contribution in [1.82, 2.24) is 0 Å². The van der Waals surface area contributed by atoms with Crippen LogP contribution >= 0.6 is 0 Å². The van der Waals surface area contributed by atoms with Crippen LogP contribution < -0.4 is 5.73 Å². The SMILES string of the molecule is COC(=O)c1cccc(C(OCCN)c2cccc(C)c2)c1.[B].[C-]#[N+]COC(c1cccc(C)c1)c1cccc(C(=O)OC)c1. The minimum Gasteiger partial charge on any atom is -0.465 e. The predicted octanol–water partition coefficient (Wildman–Crippen LogP) is 6.23. The highest BCUT2D eigenvalue weighted by molar-refractivity contribution is 5.90. The van der Waals surface area contributed by atoms with Gasteiger partial charge in [-0.05, 0) is 60.4 Å². The Morgan fingerprint density at radius 3 is 1.47 bits per heavy atom. The van der Waals surface area contributed by atoms with Gasteiger partial charge < -0.3 is 19.9 Å². The number of nitrogens with two attached hydrogens (primary N) is 1. The van der Waals surface area contributed by atoms with E-state index < -0.39 is 12.1 Å². The van der Waals surface area contributed by atoms with E-state index in [4.69, 9.17) is 31.3 Å². The van der Waals surface area contributed by atoms with Gasteiger partial charge >= 0.3 is 18.7 Å². The third kappa shape index (κ3) is 10.7. The molecule has 2 atom stereocenters. The number of benzene rings is 4. The average Bonchev–Trinajstić information content (AvgIpc) is 3.05. The molecule has 0 aliphatic carbocycles. The van der Waals surface area contributed by atoms with Gasteiger partial charge in [-0.25, -0.2) is 16.2 Å². The molecule has 0 spiro atoms. The number of ether oxygens (including phenoxy) is 4. The molecule has 0 aliphatic heterocycles. The van der Waals surface area contributed by atoms with E-state index in [0.29, 0.717) is 24.3 Å². The summed E-state index contributed by atoms with van der Waals surface area (Å²) in [5.74, 6) is -0.751. The molecule has 8 nitrogen and oxygen atoms in total. The number of nitrogens with zero attached hydrogens (tertiary/aromatic N) is 1. The number of carbonyl (C=O) groups is 2. The second-order valence-electron chi connectivity index (χ2n) is 9.94. The first-order chi connectivity index (χ1) is 21.3. The Hall–Kier alpha value is -4.75. The number of rotatable bonds is 11. The Morgan fingerprint density at radius 2 is 1.09 bits per heavy atom. The molecule has 0 aromatic heterocycles. The summed E-state index contributed by atoms with van der Waals surface area (Å²) in [5.41, 5.74) is 12.5. The van der Waals surface area contributed by atoms with E-state index in [1.54, 1.807) is 30.3 Å². The fraction of sp³-hybridized carbons (Fsp3) is 0.250. The third-order valence-corrected chi connectivity index (χ3v) is 6.62. The van der Waals surface area contributed by atoms with Gasteiger partial charge in [0.05, 0.1) is 32.0 Å². The molecule has 0 heterocycles. The molecular formula is C36H38BN2O6. The van der Waals surface area contributed by atoms with E-state index in [1.165, 1.54) is 14.2 Å². The first kappa shape index (κ1) is 36.4. The lowest BCUT2D eigenvalue weighted by atomic mass is 9.98. The van der Waals surface area contributed by atoms with Gasteiger partial charge in [-0.15, -0.1) is 0 Å². The minimum atomic E-state index is -0.393. The van der Waals surface area contributed by atoms with Gasteiger partial charge in [0.25, 0.3) is 0 Å². The Labute approximate surface area is 267 Å². The van der Waals surface area contributed by atoms with Crippen LogP contribution in [0, 0.1) is 20.4 Å². The maximum Gasteiger partial charge on any atom is 0.337 e. The zero-order chi connectivity index (χ0) is 31.9. The van der Waals surface area contributed by atoms with Gasteiger partial charge in [-0.3, -0.25) is 9.58 Å². The third-order valence-electron chi connectivity index (χ3n) is 6.62. The summed E-state index contributed by atoms with van der Waals surface area (Å²) < 4.78 is 21.1. The maximum absolute atomic E-state index is 11.7. The van der Waals surface area contributed by atoms with Crippen molar-refractivity contribution < 1.29 is 28.5 Å². The van der Waals surface area contributed by atoms with E-state index in [1.807, 2.05) is 74.5 Å². The van der Waals surface area contributed by atoms with Gasteiger partial charge in [-0.1, -0.05) is 83.9 Å². The molecule has 2 unspecified atom stereocenters. The highest BCUT2D eigenvalue weighted by atomic mass is 16.5. The van der Waals surface area contributed by atoms with E-state index >= 15 is 0 Å². The summed E-state index contributed by atoms with van der Waals surface area (Å²) in [5, 5.41) is 0. The molecule has 0 saturated carbocycles. The molecule has 4 rings (SSSR count). The van der Waals surface area contributed by atoms with Crippen molar-refractivity contribution in [2.45, 2.75) is 26.1 Å². The second-order valence-corrected chi connectivity index (χ2v) is 9.94. The molecule has 0 bridgehead atoms. The van der Waals surface area contributed by atoms with E-state index in [0.717, 1.165) is 33.4 Å². The quantitative estimate of drug-likeness (QED) is 0.123. The highest BCUT2D eigenvalue weighted by Gasteiger charge is 2.19. The van der Waals surface area contributed by atoms with Gasteiger partial charge in [0.2, 0.25) is 0 Å². The molecule has 45 heavy (non-hydrogen) atoms. The van der Waals surface area contributed by atoms with Crippen molar-refractivity contribution in [2.24, 2.45) is 5.73 Å². The van der Waals surface area contributed by atoms with Gasteiger partial charge in [0, 0.05) is 15.0 Å². The lowest BCUT2D eigenvalue weighted by molar-refractivity contribution is 0.0590.